The zero-order chi connectivity index (χ0) is 6.69. The van der Waals surface area contributed by atoms with Gasteiger partial charge in [0.05, 0.1) is 0 Å². The van der Waals surface area contributed by atoms with Crippen LogP contribution in [0.2, 0.25) is 0 Å². The summed E-state index contributed by atoms with van der Waals surface area (Å²) in [6.45, 7) is 0. The monoisotopic (exact) mass is 145 g/mol. The molecule has 0 N–H and O–H groups in total. The molecule has 0 aromatic carbocycles. The van der Waals surface area contributed by atoms with Gasteiger partial charge in [-0.05, 0) is 4.92 Å². The van der Waals surface area contributed by atoms with Gasteiger partial charge in [-0.1, -0.05) is 9.97 Å². The topological polar surface area (TPSA) is 68.9 Å². The Balaban J connectivity index is 0.000000810. The highest BCUT2D eigenvalue weighted by atomic mass is 19.0. The van der Waals surface area contributed by atoms with Gasteiger partial charge >= 0.3 is 5.95 Å². The highest BCUT2D eigenvalue weighted by Crippen LogP contribution is 1.95. The molecule has 0 aliphatic heterocycles. The van der Waals surface area contributed by atoms with E-state index in [-0.39, 0.29) is 10.7 Å². The lowest BCUT2D eigenvalue weighted by Crippen LogP contribution is -1.92. The molecule has 1 aromatic heterocycles. The largest absolute Gasteiger partial charge is 0.468 e. The van der Waals surface area contributed by atoms with E-state index >= 15 is 0 Å². The summed E-state index contributed by atoms with van der Waals surface area (Å²) in [4.78, 5) is 16.0. The van der Waals surface area contributed by atoms with Crippen molar-refractivity contribution in [1.29, 1.82) is 0 Å². The van der Waals surface area contributed by atoms with Crippen molar-refractivity contribution in [2.45, 2.75) is 0 Å². The van der Waals surface area contributed by atoms with Crippen LogP contribution in [0.25, 0.3) is 0 Å². The summed E-state index contributed by atoms with van der Waals surface area (Å²) in [7, 11) is 0. The summed E-state index contributed by atoms with van der Waals surface area (Å²) in [5.41, 5.74) is 0. The summed E-state index contributed by atoms with van der Waals surface area (Å²) in [6.07, 6.45) is 2.65. The molecule has 0 bridgehead atoms. The van der Waals surface area contributed by atoms with E-state index in [9.17, 15) is 10.1 Å². The van der Waals surface area contributed by atoms with Crippen LogP contribution >= 0.6 is 0 Å². The van der Waals surface area contributed by atoms with Gasteiger partial charge in [-0.2, -0.15) is 0 Å². The van der Waals surface area contributed by atoms with Gasteiger partial charge in [0.25, 0.3) is 0 Å². The third-order valence-corrected chi connectivity index (χ3v) is 0.715. The van der Waals surface area contributed by atoms with Crippen LogP contribution in [0.5, 0.6) is 0 Å². The molecule has 54 valence electrons. The lowest BCUT2D eigenvalue weighted by molar-refractivity contribution is -0.394. The Bertz CT molecular complexity index is 215. The molecule has 0 radical (unpaired) electrons. The van der Waals surface area contributed by atoms with Crippen molar-refractivity contribution in [3.05, 3.63) is 28.6 Å². The molecular weight excluding hydrogens is 141 g/mol. The van der Waals surface area contributed by atoms with E-state index in [2.05, 4.69) is 9.97 Å². The highest BCUT2D eigenvalue weighted by Gasteiger charge is 2.02. The van der Waals surface area contributed by atoms with Crippen LogP contribution in [0.4, 0.5) is 10.7 Å². The van der Waals surface area contributed by atoms with Gasteiger partial charge in [-0.25, -0.2) is 0 Å². The first kappa shape index (κ1) is 8.41. The molecule has 1 rings (SSSR count). The Kier molecular flexibility index (Phi) is 2.89. The maximum absolute atomic E-state index is 9.88. The zero-order valence-corrected chi connectivity index (χ0v) is 4.80. The van der Waals surface area contributed by atoms with Gasteiger partial charge in [0.1, 0.15) is 12.4 Å². The fourth-order valence-corrected chi connectivity index (χ4v) is 0.386. The maximum Gasteiger partial charge on any atom is 0.468 e. The van der Waals surface area contributed by atoms with E-state index in [0.717, 1.165) is 0 Å². The van der Waals surface area contributed by atoms with Gasteiger partial charge in [-0.3, -0.25) is 4.70 Å². The third-order valence-electron chi connectivity index (χ3n) is 0.715. The van der Waals surface area contributed by atoms with Gasteiger partial charge in [0.15, 0.2) is 0 Å². The van der Waals surface area contributed by atoms with Crippen molar-refractivity contribution < 1.29 is 9.63 Å². The summed E-state index contributed by atoms with van der Waals surface area (Å²) < 4.78 is 0. The number of nitrogens with zero attached hydrogens (tertiary/aromatic N) is 3. The lowest BCUT2D eigenvalue weighted by Gasteiger charge is -1.86. The lowest BCUT2D eigenvalue weighted by atomic mass is 10.7. The summed E-state index contributed by atoms with van der Waals surface area (Å²) in [5.74, 6) is -0.363. The molecule has 0 spiro atoms. The van der Waals surface area contributed by atoms with Crippen molar-refractivity contribution in [2.75, 3.05) is 0 Å². The Morgan fingerprint density at radius 2 is 1.90 bits per heavy atom. The zero-order valence-electron chi connectivity index (χ0n) is 4.80. The number of nitro groups is 1. The SMILES string of the molecule is F.O=[N+]([O-])c1ncccn1. The molecule has 0 aliphatic rings. The van der Waals surface area contributed by atoms with Crippen molar-refractivity contribution in [3.8, 4) is 0 Å². The summed E-state index contributed by atoms with van der Waals surface area (Å²) in [6, 6.07) is 1.52. The highest BCUT2D eigenvalue weighted by molar-refractivity contribution is 5.00. The van der Waals surface area contributed by atoms with Gasteiger partial charge in [0, 0.05) is 6.07 Å². The molecule has 0 atom stereocenters. The first-order valence-corrected chi connectivity index (χ1v) is 2.22. The molecule has 0 saturated carbocycles. The number of halogens is 1. The fraction of sp³-hybridized carbons (Fsp3) is 0. The molecule has 6 heteroatoms. The minimum Gasteiger partial charge on any atom is -0.390 e. The van der Waals surface area contributed by atoms with Crippen LogP contribution in [0.15, 0.2) is 18.5 Å². The molecule has 0 unspecified atom stereocenters. The normalized spacial score (nSPS) is 8.00. The van der Waals surface area contributed by atoms with Crippen LogP contribution in [0.1, 0.15) is 0 Å². The number of aromatic nitrogens is 2. The molecule has 1 aromatic rings. The Hall–Kier alpha value is -1.59. The molecular formula is C4H4FN3O2. The Morgan fingerprint density at radius 1 is 1.40 bits per heavy atom. The van der Waals surface area contributed by atoms with Crippen molar-refractivity contribution >= 4 is 5.95 Å². The number of hydrogen-bond acceptors (Lipinski definition) is 4. The first-order chi connectivity index (χ1) is 4.30. The van der Waals surface area contributed by atoms with Crippen LogP contribution in [-0.2, 0) is 0 Å². The van der Waals surface area contributed by atoms with Gasteiger partial charge in [0.2, 0.25) is 0 Å². The van der Waals surface area contributed by atoms with Gasteiger partial charge in [-0.15, -0.1) is 0 Å². The maximum atomic E-state index is 9.88. The molecule has 0 aliphatic carbocycles. The van der Waals surface area contributed by atoms with Crippen LogP contribution in [0, 0.1) is 10.1 Å². The Morgan fingerprint density at radius 3 is 2.20 bits per heavy atom. The quantitative estimate of drug-likeness (QED) is 0.427. The minimum absolute atomic E-state index is 0. The predicted molar refractivity (Wildman–Crippen MR) is 31.2 cm³/mol. The van der Waals surface area contributed by atoms with Crippen molar-refractivity contribution in [3.63, 3.8) is 0 Å². The molecule has 5 nitrogen and oxygen atoms in total. The van der Waals surface area contributed by atoms with E-state index in [1.165, 1.54) is 18.5 Å². The Labute approximate surface area is 55.3 Å². The van der Waals surface area contributed by atoms with Crippen molar-refractivity contribution in [2.24, 2.45) is 0 Å². The molecule has 10 heavy (non-hydrogen) atoms. The van der Waals surface area contributed by atoms with Gasteiger partial charge < -0.3 is 10.1 Å². The molecule has 0 saturated heterocycles. The van der Waals surface area contributed by atoms with Crippen LogP contribution in [0.3, 0.4) is 0 Å². The smallest absolute Gasteiger partial charge is 0.390 e. The average Bonchev–Trinajstić information content (AvgIpc) is 1.90. The molecule has 0 fully saturated rings. The standard InChI is InChI=1S/C4H3N3O2.FH/c8-7(9)4-5-2-1-3-6-4;/h1-3H;1H. The average molecular weight is 145 g/mol. The molecule has 1 heterocycles. The van der Waals surface area contributed by atoms with Crippen LogP contribution < -0.4 is 0 Å². The predicted octanol–water partition coefficient (Wildman–Crippen LogP) is 0.537. The molecule has 0 amide bonds. The van der Waals surface area contributed by atoms with E-state index in [1.54, 1.807) is 0 Å². The minimum atomic E-state index is -0.639. The van der Waals surface area contributed by atoms with E-state index in [4.69, 9.17) is 0 Å². The second-order valence-corrected chi connectivity index (χ2v) is 1.31. The number of rotatable bonds is 1. The summed E-state index contributed by atoms with van der Waals surface area (Å²) >= 11 is 0. The first-order valence-electron chi connectivity index (χ1n) is 2.22. The van der Waals surface area contributed by atoms with E-state index in [0.29, 0.717) is 0 Å². The van der Waals surface area contributed by atoms with Crippen LogP contribution in [-0.4, -0.2) is 14.9 Å². The fourth-order valence-electron chi connectivity index (χ4n) is 0.386. The van der Waals surface area contributed by atoms with E-state index in [1.807, 2.05) is 0 Å². The van der Waals surface area contributed by atoms with E-state index < -0.39 is 4.92 Å². The third kappa shape index (κ3) is 1.73. The summed E-state index contributed by atoms with van der Waals surface area (Å²) in [5, 5.41) is 9.88. The second-order valence-electron chi connectivity index (χ2n) is 1.31. The second kappa shape index (κ2) is 3.44. The number of hydrogen-bond donors (Lipinski definition) is 0. The van der Waals surface area contributed by atoms with Crippen molar-refractivity contribution in [1.82, 2.24) is 9.97 Å².